The molecule has 0 radical (unpaired) electrons. The Morgan fingerprint density at radius 1 is 1.38 bits per heavy atom. The molecular weight excluding hydrogens is 445 g/mol. The molecule has 2 aliphatic rings. The van der Waals surface area contributed by atoms with Gasteiger partial charge in [-0.25, -0.2) is 9.67 Å². The lowest BCUT2D eigenvalue weighted by Gasteiger charge is -2.43. The minimum absolute atomic E-state index is 0. The number of guanidine groups is 1. The summed E-state index contributed by atoms with van der Waals surface area (Å²) in [4.78, 5) is 11.3. The van der Waals surface area contributed by atoms with E-state index in [1.54, 1.807) is 0 Å². The lowest BCUT2D eigenvalue weighted by molar-refractivity contribution is -0.00503. The number of likely N-dealkylation sites (N-methyl/N-ethyl adjacent to an activating group) is 1. The Bertz CT molecular complexity index is 610. The summed E-state index contributed by atoms with van der Waals surface area (Å²) < 4.78 is 7.57. The van der Waals surface area contributed by atoms with Crippen LogP contribution < -0.4 is 10.6 Å². The number of aromatic nitrogens is 3. The predicted octanol–water partition coefficient (Wildman–Crippen LogP) is 1.32. The number of halogens is 1. The minimum atomic E-state index is 0. The third-order valence-electron chi connectivity index (χ3n) is 5.47. The molecule has 3 heterocycles. The van der Waals surface area contributed by atoms with Gasteiger partial charge in [0.05, 0.1) is 6.04 Å². The number of aryl methyl sites for hydroxylation is 2. The maximum absolute atomic E-state index is 5.55. The molecule has 0 aliphatic carbocycles. The van der Waals surface area contributed by atoms with Crippen LogP contribution in [0, 0.1) is 6.92 Å². The first kappa shape index (κ1) is 21.4. The van der Waals surface area contributed by atoms with Gasteiger partial charge in [-0.2, -0.15) is 5.10 Å². The summed E-state index contributed by atoms with van der Waals surface area (Å²) in [6.07, 6.45) is 4.21. The van der Waals surface area contributed by atoms with Gasteiger partial charge in [0.1, 0.15) is 11.6 Å². The molecule has 1 unspecified atom stereocenters. The van der Waals surface area contributed by atoms with Gasteiger partial charge in [-0.3, -0.25) is 4.99 Å². The van der Waals surface area contributed by atoms with Gasteiger partial charge < -0.3 is 20.3 Å². The van der Waals surface area contributed by atoms with Crippen LogP contribution in [0.5, 0.6) is 0 Å². The van der Waals surface area contributed by atoms with E-state index in [2.05, 4.69) is 44.7 Å². The van der Waals surface area contributed by atoms with Gasteiger partial charge in [-0.1, -0.05) is 0 Å². The fraction of sp³-hybridized carbons (Fsp3) is 0.824. The maximum atomic E-state index is 5.55. The van der Waals surface area contributed by atoms with Crippen molar-refractivity contribution in [3.05, 3.63) is 11.6 Å². The highest BCUT2D eigenvalue weighted by Gasteiger charge is 2.35. The normalized spacial score (nSPS) is 22.5. The number of rotatable bonds is 4. The van der Waals surface area contributed by atoms with Crippen LogP contribution in [-0.4, -0.2) is 72.1 Å². The Labute approximate surface area is 173 Å². The number of aliphatic imine (C=N–C) groups is 1. The average Bonchev–Trinajstić information content (AvgIpc) is 3.00. The topological polar surface area (TPSA) is 79.6 Å². The van der Waals surface area contributed by atoms with Crippen molar-refractivity contribution in [2.24, 2.45) is 4.99 Å². The SMILES string of the molecule is CN=C(NCC1(N(C)C)CCOCC1)NC1CCCn2nc(C)nc21.I. The van der Waals surface area contributed by atoms with Gasteiger partial charge >= 0.3 is 0 Å². The molecule has 8 nitrogen and oxygen atoms in total. The Morgan fingerprint density at radius 3 is 2.77 bits per heavy atom. The van der Waals surface area contributed by atoms with E-state index >= 15 is 0 Å². The molecule has 1 aromatic heterocycles. The molecule has 3 rings (SSSR count). The van der Waals surface area contributed by atoms with E-state index in [9.17, 15) is 0 Å². The van der Waals surface area contributed by atoms with Gasteiger partial charge in [0.15, 0.2) is 5.96 Å². The molecule has 148 valence electrons. The molecule has 9 heteroatoms. The van der Waals surface area contributed by atoms with Crippen LogP contribution in [0.3, 0.4) is 0 Å². The second-order valence-corrected chi connectivity index (χ2v) is 7.24. The van der Waals surface area contributed by atoms with E-state index in [-0.39, 0.29) is 35.6 Å². The number of fused-ring (bicyclic) bond motifs is 1. The molecule has 1 fully saturated rings. The molecule has 1 atom stereocenters. The standard InChI is InChI=1S/C17H31N7O.HI/c1-13-20-15-14(6-5-9-24(15)22-13)21-16(18-2)19-12-17(23(3)4)7-10-25-11-8-17;/h14H,5-12H2,1-4H3,(H2,18,19,21);1H. The summed E-state index contributed by atoms with van der Waals surface area (Å²) in [5.74, 6) is 2.67. The van der Waals surface area contributed by atoms with Crippen LogP contribution in [0.4, 0.5) is 0 Å². The van der Waals surface area contributed by atoms with E-state index < -0.39 is 0 Å². The Hall–Kier alpha value is -0.940. The van der Waals surface area contributed by atoms with Crippen molar-refractivity contribution in [2.45, 2.75) is 50.7 Å². The van der Waals surface area contributed by atoms with Crippen molar-refractivity contribution < 1.29 is 4.74 Å². The third-order valence-corrected chi connectivity index (χ3v) is 5.47. The molecule has 0 spiro atoms. The summed E-state index contributed by atoms with van der Waals surface area (Å²) in [5, 5.41) is 11.5. The highest BCUT2D eigenvalue weighted by Crippen LogP contribution is 2.25. The second kappa shape index (κ2) is 9.32. The summed E-state index contributed by atoms with van der Waals surface area (Å²) in [5.41, 5.74) is 0.110. The highest BCUT2D eigenvalue weighted by atomic mass is 127. The lowest BCUT2D eigenvalue weighted by Crippen LogP contribution is -2.57. The van der Waals surface area contributed by atoms with Gasteiger partial charge in [0.25, 0.3) is 0 Å². The van der Waals surface area contributed by atoms with Crippen LogP contribution in [0.2, 0.25) is 0 Å². The van der Waals surface area contributed by atoms with Crippen molar-refractivity contribution in [3.63, 3.8) is 0 Å². The Kier molecular flexibility index (Phi) is 7.65. The first-order valence-corrected chi connectivity index (χ1v) is 9.18. The Morgan fingerprint density at radius 2 is 2.12 bits per heavy atom. The number of hydrogen-bond donors (Lipinski definition) is 2. The maximum Gasteiger partial charge on any atom is 0.191 e. The third kappa shape index (κ3) is 4.66. The molecule has 2 aliphatic heterocycles. The number of ether oxygens (including phenoxy) is 1. The van der Waals surface area contributed by atoms with Crippen LogP contribution >= 0.6 is 24.0 Å². The summed E-state index contributed by atoms with van der Waals surface area (Å²) in [7, 11) is 6.12. The smallest absolute Gasteiger partial charge is 0.191 e. The molecule has 0 saturated carbocycles. The van der Waals surface area contributed by atoms with Crippen LogP contribution in [0.1, 0.15) is 43.4 Å². The molecule has 0 bridgehead atoms. The summed E-state index contributed by atoms with van der Waals surface area (Å²) in [6, 6.07) is 0.158. The zero-order chi connectivity index (χ0) is 17.9. The Balaban J connectivity index is 0.00000243. The van der Waals surface area contributed by atoms with E-state index in [0.29, 0.717) is 0 Å². The number of nitrogens with one attached hydrogen (secondary N) is 2. The lowest BCUT2D eigenvalue weighted by atomic mass is 9.88. The minimum Gasteiger partial charge on any atom is -0.381 e. The molecule has 0 amide bonds. The van der Waals surface area contributed by atoms with Crippen molar-refractivity contribution in [1.29, 1.82) is 0 Å². The largest absolute Gasteiger partial charge is 0.381 e. The van der Waals surface area contributed by atoms with Gasteiger partial charge in [0.2, 0.25) is 0 Å². The van der Waals surface area contributed by atoms with E-state index in [4.69, 9.17) is 4.74 Å². The van der Waals surface area contributed by atoms with Crippen molar-refractivity contribution >= 4 is 29.9 Å². The average molecular weight is 477 g/mol. The van der Waals surface area contributed by atoms with E-state index in [1.807, 2.05) is 18.7 Å². The molecule has 26 heavy (non-hydrogen) atoms. The van der Waals surface area contributed by atoms with Crippen LogP contribution in [0.15, 0.2) is 4.99 Å². The van der Waals surface area contributed by atoms with Crippen molar-refractivity contribution in [3.8, 4) is 0 Å². The van der Waals surface area contributed by atoms with Crippen molar-refractivity contribution in [1.82, 2.24) is 30.3 Å². The van der Waals surface area contributed by atoms with E-state index in [1.165, 1.54) is 0 Å². The molecule has 0 aromatic carbocycles. The fourth-order valence-electron chi connectivity index (χ4n) is 3.75. The predicted molar refractivity (Wildman–Crippen MR) is 113 cm³/mol. The molecular formula is C17H32IN7O. The molecule has 1 aromatic rings. The summed E-state index contributed by atoms with van der Waals surface area (Å²) in [6.45, 7) is 5.38. The van der Waals surface area contributed by atoms with Gasteiger partial charge in [0, 0.05) is 38.9 Å². The van der Waals surface area contributed by atoms with E-state index in [0.717, 1.165) is 69.6 Å². The highest BCUT2D eigenvalue weighted by molar-refractivity contribution is 14.0. The fourth-order valence-corrected chi connectivity index (χ4v) is 3.75. The van der Waals surface area contributed by atoms with Gasteiger partial charge in [-0.15, -0.1) is 24.0 Å². The second-order valence-electron chi connectivity index (χ2n) is 7.24. The molecule has 1 saturated heterocycles. The van der Waals surface area contributed by atoms with Crippen LogP contribution in [-0.2, 0) is 11.3 Å². The number of nitrogens with zero attached hydrogens (tertiary/aromatic N) is 5. The summed E-state index contributed by atoms with van der Waals surface area (Å²) >= 11 is 0. The zero-order valence-corrected chi connectivity index (χ0v) is 18.6. The first-order valence-electron chi connectivity index (χ1n) is 9.18. The van der Waals surface area contributed by atoms with Crippen LogP contribution in [0.25, 0.3) is 0 Å². The number of hydrogen-bond acceptors (Lipinski definition) is 5. The molecule has 2 N–H and O–H groups in total. The van der Waals surface area contributed by atoms with Crippen molar-refractivity contribution in [2.75, 3.05) is 40.9 Å². The monoisotopic (exact) mass is 477 g/mol. The van der Waals surface area contributed by atoms with Gasteiger partial charge in [-0.05, 0) is 46.7 Å². The first-order chi connectivity index (χ1) is 12.0. The quantitative estimate of drug-likeness (QED) is 0.387. The zero-order valence-electron chi connectivity index (χ0n) is 16.3.